The Labute approximate surface area is 114 Å². The second-order valence-corrected chi connectivity index (χ2v) is 5.01. The lowest BCUT2D eigenvalue weighted by Gasteiger charge is -2.03. The van der Waals surface area contributed by atoms with Crippen molar-refractivity contribution in [2.45, 2.75) is 32.2 Å². The number of nitrogens with two attached hydrogens (primary N) is 1. The zero-order valence-corrected chi connectivity index (χ0v) is 11.7. The molecule has 1 atom stereocenters. The number of unbranched alkanes of at least 4 members (excludes halogenated alkanes) is 1. The summed E-state index contributed by atoms with van der Waals surface area (Å²) in [5.41, 5.74) is 6.79. The van der Waals surface area contributed by atoms with Crippen LogP contribution in [-0.2, 0) is 0 Å². The van der Waals surface area contributed by atoms with Gasteiger partial charge in [-0.2, -0.15) is 4.98 Å². The van der Waals surface area contributed by atoms with Gasteiger partial charge in [0, 0.05) is 22.4 Å². The molecule has 2 N–H and O–H groups in total. The van der Waals surface area contributed by atoms with Crippen LogP contribution in [0, 0.1) is 0 Å². The number of pyridine rings is 1. The van der Waals surface area contributed by atoms with Gasteiger partial charge in [-0.3, -0.25) is 4.98 Å². The van der Waals surface area contributed by atoms with Gasteiger partial charge in [0.15, 0.2) is 0 Å². The molecule has 2 rings (SSSR count). The highest BCUT2D eigenvalue weighted by molar-refractivity contribution is 9.10. The smallest absolute Gasteiger partial charge is 0.243 e. The fourth-order valence-corrected chi connectivity index (χ4v) is 1.95. The Hall–Kier alpha value is -1.27. The van der Waals surface area contributed by atoms with Gasteiger partial charge in [-0.05, 0) is 28.4 Å². The summed E-state index contributed by atoms with van der Waals surface area (Å²) in [6, 6.07) is 1.70. The fourth-order valence-electron chi connectivity index (χ4n) is 1.58. The summed E-state index contributed by atoms with van der Waals surface area (Å²) >= 11 is 3.36. The predicted molar refractivity (Wildman–Crippen MR) is 71.7 cm³/mol. The average molecular weight is 311 g/mol. The van der Waals surface area contributed by atoms with E-state index in [9.17, 15) is 0 Å². The molecular formula is C12H15BrN4O. The molecule has 0 bridgehead atoms. The number of rotatable bonds is 5. The molecule has 0 aliphatic carbocycles. The zero-order chi connectivity index (χ0) is 13.0. The Morgan fingerprint density at radius 1 is 1.44 bits per heavy atom. The van der Waals surface area contributed by atoms with Crippen molar-refractivity contribution in [2.24, 2.45) is 5.73 Å². The Balaban J connectivity index is 2.15. The first-order chi connectivity index (χ1) is 8.70. The molecule has 2 aromatic heterocycles. The third-order valence-corrected chi connectivity index (χ3v) is 3.02. The molecule has 0 aliphatic rings. The second kappa shape index (κ2) is 6.06. The number of hydrogen-bond donors (Lipinski definition) is 1. The van der Waals surface area contributed by atoms with Crippen LogP contribution in [0.2, 0.25) is 0 Å². The van der Waals surface area contributed by atoms with Crippen molar-refractivity contribution < 1.29 is 4.52 Å². The minimum absolute atomic E-state index is 0.189. The van der Waals surface area contributed by atoms with Crippen LogP contribution in [0.15, 0.2) is 27.5 Å². The maximum absolute atomic E-state index is 5.98. The monoisotopic (exact) mass is 310 g/mol. The van der Waals surface area contributed by atoms with Crippen molar-refractivity contribution in [3.05, 3.63) is 28.8 Å². The number of nitrogens with zero attached hydrogens (tertiary/aromatic N) is 3. The van der Waals surface area contributed by atoms with Gasteiger partial charge in [0.2, 0.25) is 11.7 Å². The van der Waals surface area contributed by atoms with Gasteiger partial charge in [0.25, 0.3) is 0 Å². The number of halogens is 1. The molecule has 0 saturated heterocycles. The molecule has 18 heavy (non-hydrogen) atoms. The highest BCUT2D eigenvalue weighted by Crippen LogP contribution is 2.21. The highest BCUT2D eigenvalue weighted by atomic mass is 79.9. The molecular weight excluding hydrogens is 296 g/mol. The minimum Gasteiger partial charge on any atom is -0.337 e. The zero-order valence-electron chi connectivity index (χ0n) is 10.1. The average Bonchev–Trinajstić information content (AvgIpc) is 2.85. The highest BCUT2D eigenvalue weighted by Gasteiger charge is 2.15. The summed E-state index contributed by atoms with van der Waals surface area (Å²) in [6.07, 6.45) is 6.41. The molecule has 0 saturated carbocycles. The van der Waals surface area contributed by atoms with Crippen molar-refractivity contribution in [1.82, 2.24) is 15.1 Å². The Morgan fingerprint density at radius 3 is 3.00 bits per heavy atom. The van der Waals surface area contributed by atoms with Gasteiger partial charge >= 0.3 is 0 Å². The summed E-state index contributed by atoms with van der Waals surface area (Å²) in [5, 5.41) is 3.93. The maximum Gasteiger partial charge on any atom is 0.243 e. The van der Waals surface area contributed by atoms with Crippen molar-refractivity contribution in [1.29, 1.82) is 0 Å². The number of aromatic nitrogens is 3. The first kappa shape index (κ1) is 13.2. The molecule has 0 amide bonds. The fraction of sp³-hybridized carbons (Fsp3) is 0.417. The quantitative estimate of drug-likeness (QED) is 0.918. The predicted octanol–water partition coefficient (Wildman–Crippen LogP) is 3.08. The molecule has 6 heteroatoms. The summed E-state index contributed by atoms with van der Waals surface area (Å²) in [5.74, 6) is 1.00. The van der Waals surface area contributed by atoms with Gasteiger partial charge in [-0.1, -0.05) is 24.9 Å². The Kier molecular flexibility index (Phi) is 4.43. The van der Waals surface area contributed by atoms with E-state index in [2.05, 4.69) is 38.0 Å². The molecule has 5 nitrogen and oxygen atoms in total. The van der Waals surface area contributed by atoms with Gasteiger partial charge in [0.05, 0.1) is 6.04 Å². The first-order valence-electron chi connectivity index (χ1n) is 5.90. The summed E-state index contributed by atoms with van der Waals surface area (Å²) in [7, 11) is 0. The summed E-state index contributed by atoms with van der Waals surface area (Å²) in [4.78, 5) is 8.38. The molecule has 2 aromatic rings. The normalized spacial score (nSPS) is 12.6. The van der Waals surface area contributed by atoms with Crippen molar-refractivity contribution >= 4 is 15.9 Å². The molecule has 2 heterocycles. The lowest BCUT2D eigenvalue weighted by Crippen LogP contribution is -2.10. The lowest BCUT2D eigenvalue weighted by atomic mass is 10.1. The van der Waals surface area contributed by atoms with Gasteiger partial charge in [-0.25, -0.2) is 0 Å². The van der Waals surface area contributed by atoms with Crippen LogP contribution in [0.5, 0.6) is 0 Å². The number of hydrogen-bond acceptors (Lipinski definition) is 5. The standard InChI is InChI=1S/C12H15BrN4O/c1-2-3-4-10(14)12-16-11(17-18-12)8-5-9(13)7-15-6-8/h5-7,10H,2-4,14H2,1H3/t10-/m0/s1. The summed E-state index contributed by atoms with van der Waals surface area (Å²) in [6.45, 7) is 2.12. The van der Waals surface area contributed by atoms with Crippen LogP contribution in [0.4, 0.5) is 0 Å². The molecule has 0 fully saturated rings. The van der Waals surface area contributed by atoms with Crippen molar-refractivity contribution in [3.8, 4) is 11.4 Å². The Morgan fingerprint density at radius 2 is 2.28 bits per heavy atom. The second-order valence-electron chi connectivity index (χ2n) is 4.10. The molecule has 96 valence electrons. The van der Waals surface area contributed by atoms with E-state index in [1.807, 2.05) is 6.07 Å². The first-order valence-corrected chi connectivity index (χ1v) is 6.70. The third-order valence-electron chi connectivity index (χ3n) is 2.59. The molecule has 0 aliphatic heterocycles. The van der Waals surface area contributed by atoms with Crippen molar-refractivity contribution in [3.63, 3.8) is 0 Å². The van der Waals surface area contributed by atoms with E-state index < -0.39 is 0 Å². The molecule has 0 radical (unpaired) electrons. The van der Waals surface area contributed by atoms with Crippen molar-refractivity contribution in [2.75, 3.05) is 0 Å². The van der Waals surface area contributed by atoms with E-state index in [0.717, 1.165) is 29.3 Å². The van der Waals surface area contributed by atoms with E-state index in [-0.39, 0.29) is 6.04 Å². The molecule has 0 aromatic carbocycles. The third kappa shape index (κ3) is 3.14. The van der Waals surface area contributed by atoms with Gasteiger partial charge in [-0.15, -0.1) is 0 Å². The van der Waals surface area contributed by atoms with Gasteiger partial charge in [0.1, 0.15) is 0 Å². The van der Waals surface area contributed by atoms with Crippen LogP contribution >= 0.6 is 15.9 Å². The lowest BCUT2D eigenvalue weighted by molar-refractivity contribution is 0.346. The summed E-state index contributed by atoms with van der Waals surface area (Å²) < 4.78 is 6.07. The van der Waals surface area contributed by atoms with E-state index in [1.165, 1.54) is 0 Å². The van der Waals surface area contributed by atoms with E-state index in [1.54, 1.807) is 12.4 Å². The van der Waals surface area contributed by atoms with E-state index in [4.69, 9.17) is 10.3 Å². The van der Waals surface area contributed by atoms with Crippen LogP contribution in [0.25, 0.3) is 11.4 Å². The van der Waals surface area contributed by atoms with E-state index in [0.29, 0.717) is 11.7 Å². The largest absolute Gasteiger partial charge is 0.337 e. The van der Waals surface area contributed by atoms with Crippen LogP contribution in [-0.4, -0.2) is 15.1 Å². The minimum atomic E-state index is -0.189. The van der Waals surface area contributed by atoms with Crippen LogP contribution in [0.1, 0.15) is 38.1 Å². The molecule has 0 unspecified atom stereocenters. The maximum atomic E-state index is 5.98. The SMILES string of the molecule is CCCC[C@H](N)c1nc(-c2cncc(Br)c2)no1. The van der Waals surface area contributed by atoms with E-state index >= 15 is 0 Å². The molecule has 0 spiro atoms. The Bertz CT molecular complexity index is 514. The van der Waals surface area contributed by atoms with Crippen LogP contribution < -0.4 is 5.73 Å². The topological polar surface area (TPSA) is 77.8 Å². The van der Waals surface area contributed by atoms with Gasteiger partial charge < -0.3 is 10.3 Å². The van der Waals surface area contributed by atoms with Crippen LogP contribution in [0.3, 0.4) is 0 Å².